The molecule has 2 nitrogen and oxygen atoms in total. The van der Waals surface area contributed by atoms with E-state index >= 15 is 0 Å². The Hall–Kier alpha value is -1.83. The lowest BCUT2D eigenvalue weighted by Gasteiger charge is -2.08. The van der Waals surface area contributed by atoms with E-state index in [-0.39, 0.29) is 0 Å². The van der Waals surface area contributed by atoms with Gasteiger partial charge in [-0.2, -0.15) is 0 Å². The summed E-state index contributed by atoms with van der Waals surface area (Å²) in [5.41, 5.74) is 4.64. The summed E-state index contributed by atoms with van der Waals surface area (Å²) < 4.78 is 0. The van der Waals surface area contributed by atoms with E-state index in [0.717, 1.165) is 17.9 Å². The van der Waals surface area contributed by atoms with Gasteiger partial charge in [-0.25, -0.2) is 0 Å². The molecule has 2 heteroatoms. The zero-order chi connectivity index (χ0) is 13.3. The lowest BCUT2D eigenvalue weighted by atomic mass is 10.1. The van der Waals surface area contributed by atoms with E-state index in [0.29, 0.717) is 0 Å². The molecule has 0 aliphatic rings. The third-order valence-corrected chi connectivity index (χ3v) is 2.23. The first-order chi connectivity index (χ1) is 8.15. The number of aliphatic imine (C=N–C) groups is 1. The average molecular weight is 230 g/mol. The van der Waals surface area contributed by atoms with Gasteiger partial charge in [0.2, 0.25) is 0 Å². The van der Waals surface area contributed by atoms with Crippen molar-refractivity contribution in [2.24, 2.45) is 4.99 Å². The highest BCUT2D eigenvalue weighted by molar-refractivity contribution is 5.49. The number of nitrogens with one attached hydrogen (secondary N) is 1. The van der Waals surface area contributed by atoms with Crippen molar-refractivity contribution in [3.8, 4) is 0 Å². The smallest absolute Gasteiger partial charge is 0.0569 e. The van der Waals surface area contributed by atoms with Crippen LogP contribution >= 0.6 is 0 Å². The third kappa shape index (κ3) is 5.71. The molecule has 0 unspecified atom stereocenters. The van der Waals surface area contributed by atoms with Crippen molar-refractivity contribution in [3.63, 3.8) is 0 Å². The minimum absolute atomic E-state index is 0.725. The van der Waals surface area contributed by atoms with Gasteiger partial charge in [0.05, 0.1) is 12.2 Å². The molecule has 0 radical (unpaired) electrons. The fraction of sp³-hybridized carbons (Fsp3) is 0.267. The number of nitrogens with zero attached hydrogens (tertiary/aromatic N) is 1. The monoisotopic (exact) mass is 230 g/mol. The van der Waals surface area contributed by atoms with Crippen LogP contribution in [-0.4, -0.2) is 13.3 Å². The van der Waals surface area contributed by atoms with Gasteiger partial charge >= 0.3 is 0 Å². The van der Waals surface area contributed by atoms with Gasteiger partial charge in [0, 0.05) is 5.69 Å². The van der Waals surface area contributed by atoms with E-state index in [9.17, 15) is 0 Å². The van der Waals surface area contributed by atoms with Crippen molar-refractivity contribution >= 4 is 12.4 Å². The Bertz CT molecular complexity index is 372. The maximum Gasteiger partial charge on any atom is 0.0569 e. The first-order valence-corrected chi connectivity index (χ1v) is 5.60. The standard InChI is InChI=1S/C13H18N2.C2H4/c1-5-12(14-4)9-15-13-7-10(2)6-11(3)8-13;1-2/h5-8,15H,4,9H2,1-3H3;1-2H2/b12-5-;. The molecule has 0 spiro atoms. The first-order valence-electron chi connectivity index (χ1n) is 5.60. The maximum atomic E-state index is 3.92. The summed E-state index contributed by atoms with van der Waals surface area (Å²) in [7, 11) is 0. The van der Waals surface area contributed by atoms with E-state index in [1.807, 2.05) is 13.0 Å². The van der Waals surface area contributed by atoms with Crippen LogP contribution in [0.1, 0.15) is 18.1 Å². The topological polar surface area (TPSA) is 24.4 Å². The third-order valence-electron chi connectivity index (χ3n) is 2.23. The van der Waals surface area contributed by atoms with Crippen LogP contribution in [0.3, 0.4) is 0 Å². The molecule has 0 saturated heterocycles. The lowest BCUT2D eigenvalue weighted by Crippen LogP contribution is -2.03. The number of hydrogen-bond donors (Lipinski definition) is 1. The van der Waals surface area contributed by atoms with Crippen LogP contribution in [0, 0.1) is 13.8 Å². The van der Waals surface area contributed by atoms with Gasteiger partial charge < -0.3 is 5.32 Å². The van der Waals surface area contributed by atoms with Crippen LogP contribution in [0.2, 0.25) is 0 Å². The number of benzene rings is 1. The van der Waals surface area contributed by atoms with Gasteiger partial charge in [0.25, 0.3) is 0 Å². The van der Waals surface area contributed by atoms with Gasteiger partial charge in [-0.3, -0.25) is 4.99 Å². The molecule has 0 bridgehead atoms. The van der Waals surface area contributed by atoms with E-state index < -0.39 is 0 Å². The Balaban J connectivity index is 0.00000121. The minimum Gasteiger partial charge on any atom is -0.379 e. The molecule has 0 aliphatic carbocycles. The van der Waals surface area contributed by atoms with Crippen LogP contribution in [0.15, 0.2) is 48.1 Å². The fourth-order valence-electron chi connectivity index (χ4n) is 1.52. The quantitative estimate of drug-likeness (QED) is 0.610. The molecule has 0 aliphatic heterocycles. The summed E-state index contributed by atoms with van der Waals surface area (Å²) in [6, 6.07) is 6.42. The molecule has 0 amide bonds. The average Bonchev–Trinajstić information content (AvgIpc) is 2.32. The van der Waals surface area contributed by atoms with Crippen molar-refractivity contribution in [1.29, 1.82) is 0 Å². The summed E-state index contributed by atoms with van der Waals surface area (Å²) in [6.07, 6.45) is 1.96. The number of hydrogen-bond acceptors (Lipinski definition) is 2. The van der Waals surface area contributed by atoms with E-state index in [2.05, 4.69) is 62.2 Å². The molecule has 0 heterocycles. The molecule has 17 heavy (non-hydrogen) atoms. The minimum atomic E-state index is 0.725. The number of aryl methyl sites for hydroxylation is 2. The molecular formula is C15H22N2. The molecule has 0 saturated carbocycles. The highest BCUT2D eigenvalue weighted by atomic mass is 14.9. The maximum absolute atomic E-state index is 3.92. The van der Waals surface area contributed by atoms with Crippen molar-refractivity contribution in [2.75, 3.05) is 11.9 Å². The van der Waals surface area contributed by atoms with Crippen LogP contribution in [0.25, 0.3) is 0 Å². The summed E-state index contributed by atoms with van der Waals surface area (Å²) in [5.74, 6) is 0. The van der Waals surface area contributed by atoms with Crippen LogP contribution in [0.5, 0.6) is 0 Å². The van der Waals surface area contributed by atoms with E-state index in [4.69, 9.17) is 0 Å². The van der Waals surface area contributed by atoms with Crippen molar-refractivity contribution in [3.05, 3.63) is 54.3 Å². The second-order valence-electron chi connectivity index (χ2n) is 3.67. The van der Waals surface area contributed by atoms with Crippen molar-refractivity contribution in [2.45, 2.75) is 20.8 Å². The lowest BCUT2D eigenvalue weighted by molar-refractivity contribution is 1.16. The van der Waals surface area contributed by atoms with Crippen LogP contribution < -0.4 is 5.32 Å². The predicted molar refractivity (Wildman–Crippen MR) is 79.0 cm³/mol. The summed E-state index contributed by atoms with van der Waals surface area (Å²) in [5, 5.41) is 3.33. The van der Waals surface area contributed by atoms with Crippen LogP contribution in [0.4, 0.5) is 5.69 Å². The number of allylic oxidation sites excluding steroid dienone is 1. The molecule has 92 valence electrons. The molecule has 0 atom stereocenters. The molecule has 1 N–H and O–H groups in total. The molecule has 1 rings (SSSR count). The van der Waals surface area contributed by atoms with E-state index in [1.54, 1.807) is 0 Å². The number of rotatable bonds is 4. The fourth-order valence-corrected chi connectivity index (χ4v) is 1.52. The largest absolute Gasteiger partial charge is 0.379 e. The molecule has 1 aromatic carbocycles. The summed E-state index contributed by atoms with van der Waals surface area (Å²) in [6.45, 7) is 16.4. The highest BCUT2D eigenvalue weighted by Gasteiger charge is 1.96. The second-order valence-corrected chi connectivity index (χ2v) is 3.67. The first kappa shape index (κ1) is 15.2. The zero-order valence-corrected chi connectivity index (χ0v) is 11.1. The second kappa shape index (κ2) is 8.34. The van der Waals surface area contributed by atoms with Gasteiger partial charge in [-0.15, -0.1) is 13.2 Å². The Morgan fingerprint density at radius 3 is 2.18 bits per heavy atom. The van der Waals surface area contributed by atoms with Gasteiger partial charge in [0.1, 0.15) is 0 Å². The van der Waals surface area contributed by atoms with Crippen molar-refractivity contribution in [1.82, 2.24) is 0 Å². The van der Waals surface area contributed by atoms with Crippen molar-refractivity contribution < 1.29 is 0 Å². The van der Waals surface area contributed by atoms with E-state index in [1.165, 1.54) is 11.1 Å². The van der Waals surface area contributed by atoms with Gasteiger partial charge in [0.15, 0.2) is 0 Å². The molecule has 0 fully saturated rings. The Morgan fingerprint density at radius 1 is 1.24 bits per heavy atom. The summed E-state index contributed by atoms with van der Waals surface area (Å²) in [4.78, 5) is 3.92. The van der Waals surface area contributed by atoms with Gasteiger partial charge in [-0.05, 0) is 50.7 Å². The normalized spacial score (nSPS) is 10.2. The van der Waals surface area contributed by atoms with Crippen LogP contribution in [-0.2, 0) is 0 Å². The SMILES string of the molecule is C=C.C=N/C(=C\C)CNc1cc(C)cc(C)c1. The number of anilines is 1. The molecular weight excluding hydrogens is 208 g/mol. The highest BCUT2D eigenvalue weighted by Crippen LogP contribution is 2.14. The predicted octanol–water partition coefficient (Wildman–Crippen LogP) is 4.12. The van der Waals surface area contributed by atoms with Gasteiger partial charge in [-0.1, -0.05) is 12.1 Å². The summed E-state index contributed by atoms with van der Waals surface area (Å²) >= 11 is 0. The Labute approximate surface area is 105 Å². The molecule has 1 aromatic rings. The zero-order valence-electron chi connectivity index (χ0n) is 11.1. The Kier molecular flexibility index (Phi) is 7.44. The Morgan fingerprint density at radius 2 is 1.76 bits per heavy atom. The molecule has 0 aromatic heterocycles.